The first-order valence-corrected chi connectivity index (χ1v) is 4.49. The lowest BCUT2D eigenvalue weighted by Gasteiger charge is -2.05. The molecular formula is C8H8N4O4. The van der Waals surface area contributed by atoms with Crippen LogP contribution in [0.3, 0.4) is 0 Å². The van der Waals surface area contributed by atoms with Crippen molar-refractivity contribution in [2.75, 3.05) is 7.05 Å². The van der Waals surface area contributed by atoms with E-state index >= 15 is 0 Å². The van der Waals surface area contributed by atoms with E-state index in [1.54, 1.807) is 0 Å². The van der Waals surface area contributed by atoms with Crippen LogP contribution in [-0.2, 0) is 19.2 Å². The second kappa shape index (κ2) is 3.40. The van der Waals surface area contributed by atoms with Gasteiger partial charge in [0.25, 0.3) is 5.91 Å². The summed E-state index contributed by atoms with van der Waals surface area (Å²) >= 11 is 0. The lowest BCUT2D eigenvalue weighted by molar-refractivity contribution is -0.137. The van der Waals surface area contributed by atoms with Crippen molar-refractivity contribution >= 4 is 29.6 Å². The molecule has 0 bridgehead atoms. The predicted octanol–water partition coefficient (Wildman–Crippen LogP) is -2.65. The lowest BCUT2D eigenvalue weighted by Crippen LogP contribution is -2.31. The van der Waals surface area contributed by atoms with Crippen molar-refractivity contribution in [1.82, 2.24) is 15.5 Å². The molecule has 8 heteroatoms. The van der Waals surface area contributed by atoms with Crippen LogP contribution in [0, 0.1) is 0 Å². The number of hydrogen-bond donors (Lipinski definition) is 2. The molecule has 2 heterocycles. The Morgan fingerprint density at radius 1 is 1.19 bits per heavy atom. The van der Waals surface area contributed by atoms with E-state index in [4.69, 9.17) is 0 Å². The zero-order chi connectivity index (χ0) is 11.9. The van der Waals surface area contributed by atoms with Crippen LogP contribution < -0.4 is 10.6 Å². The van der Waals surface area contributed by atoms with Gasteiger partial charge in [0.15, 0.2) is 0 Å². The zero-order valence-electron chi connectivity index (χ0n) is 8.31. The van der Waals surface area contributed by atoms with Crippen LogP contribution in [0.1, 0.15) is 6.42 Å². The van der Waals surface area contributed by atoms with Gasteiger partial charge in [-0.1, -0.05) is 0 Å². The molecule has 2 fully saturated rings. The van der Waals surface area contributed by atoms with Crippen LogP contribution in [0.15, 0.2) is 4.99 Å². The molecule has 0 aromatic carbocycles. The van der Waals surface area contributed by atoms with Gasteiger partial charge in [-0.15, -0.1) is 0 Å². The first-order chi connectivity index (χ1) is 7.49. The van der Waals surface area contributed by atoms with Gasteiger partial charge in [0.1, 0.15) is 6.04 Å². The lowest BCUT2D eigenvalue weighted by atomic mass is 10.3. The molecule has 2 aliphatic rings. The van der Waals surface area contributed by atoms with Gasteiger partial charge in [-0.2, -0.15) is 0 Å². The maximum Gasteiger partial charge on any atom is 0.316 e. The van der Waals surface area contributed by atoms with E-state index in [9.17, 15) is 19.2 Å². The monoisotopic (exact) mass is 224 g/mol. The average molecular weight is 224 g/mol. The fraction of sp³-hybridized carbons (Fsp3) is 0.375. The fourth-order valence-electron chi connectivity index (χ4n) is 1.42. The molecule has 0 aliphatic carbocycles. The standard InChI is InChI=1S/C8H8N4O4/c1-12-4(13)2-3(7(12)16)9-8-10-5(14)6(15)11-8/h3H,2H2,1H3,(H2,9,10,11,14,15). The summed E-state index contributed by atoms with van der Waals surface area (Å²) in [5.74, 6) is -2.54. The maximum atomic E-state index is 11.4. The van der Waals surface area contributed by atoms with Crippen molar-refractivity contribution in [3.63, 3.8) is 0 Å². The first-order valence-electron chi connectivity index (χ1n) is 4.49. The molecule has 2 rings (SSSR count). The van der Waals surface area contributed by atoms with E-state index in [0.717, 1.165) is 4.90 Å². The number of rotatable bonds is 1. The summed E-state index contributed by atoms with van der Waals surface area (Å²) in [6, 6.07) is -0.869. The number of aliphatic imine (C=N–C) groups is 1. The number of amides is 4. The summed E-state index contributed by atoms with van der Waals surface area (Å²) in [5, 5.41) is 4.30. The number of likely N-dealkylation sites (tertiary alicyclic amines) is 1. The largest absolute Gasteiger partial charge is 0.316 e. The minimum Gasteiger partial charge on any atom is -0.288 e. The molecule has 8 nitrogen and oxygen atoms in total. The van der Waals surface area contributed by atoms with E-state index in [1.807, 2.05) is 0 Å². The van der Waals surface area contributed by atoms with E-state index in [0.29, 0.717) is 0 Å². The normalized spacial score (nSPS) is 24.9. The molecule has 0 aromatic rings. The Bertz CT molecular complexity index is 423. The van der Waals surface area contributed by atoms with Gasteiger partial charge in [-0.25, -0.2) is 4.99 Å². The van der Waals surface area contributed by atoms with E-state index in [1.165, 1.54) is 7.05 Å². The van der Waals surface area contributed by atoms with Crippen LogP contribution in [0.5, 0.6) is 0 Å². The number of likely N-dealkylation sites (N-methyl/N-ethyl adjacent to an activating group) is 1. The summed E-state index contributed by atoms with van der Waals surface area (Å²) in [4.78, 5) is 49.0. The molecule has 1 unspecified atom stereocenters. The van der Waals surface area contributed by atoms with Crippen molar-refractivity contribution in [1.29, 1.82) is 0 Å². The van der Waals surface area contributed by atoms with Gasteiger partial charge < -0.3 is 0 Å². The van der Waals surface area contributed by atoms with Crippen LogP contribution in [-0.4, -0.2) is 47.6 Å². The Hall–Kier alpha value is -2.25. The molecule has 4 amide bonds. The van der Waals surface area contributed by atoms with Gasteiger partial charge in [-0.05, 0) is 0 Å². The Balaban J connectivity index is 2.14. The molecule has 0 saturated carbocycles. The number of carbonyl (C=O) groups excluding carboxylic acids is 4. The van der Waals surface area contributed by atoms with Crippen LogP contribution in [0.25, 0.3) is 0 Å². The number of nitrogens with one attached hydrogen (secondary N) is 2. The van der Waals surface area contributed by atoms with Crippen molar-refractivity contribution < 1.29 is 19.2 Å². The van der Waals surface area contributed by atoms with Gasteiger partial charge >= 0.3 is 11.8 Å². The Kier molecular flexibility index (Phi) is 2.18. The second-order valence-electron chi connectivity index (χ2n) is 3.40. The molecule has 0 radical (unpaired) electrons. The van der Waals surface area contributed by atoms with E-state index < -0.39 is 23.8 Å². The summed E-state index contributed by atoms with van der Waals surface area (Å²) in [6.07, 6.45) is -0.0510. The minimum atomic E-state index is -0.869. The van der Waals surface area contributed by atoms with Crippen LogP contribution in [0.2, 0.25) is 0 Å². The molecule has 0 spiro atoms. The Morgan fingerprint density at radius 2 is 1.75 bits per heavy atom. The first kappa shape index (κ1) is 10.3. The third kappa shape index (κ3) is 1.53. The maximum absolute atomic E-state index is 11.4. The highest BCUT2D eigenvalue weighted by Crippen LogP contribution is 2.14. The smallest absolute Gasteiger partial charge is 0.288 e. The third-order valence-corrected chi connectivity index (χ3v) is 2.31. The highest BCUT2D eigenvalue weighted by molar-refractivity contribution is 6.45. The third-order valence-electron chi connectivity index (χ3n) is 2.31. The zero-order valence-corrected chi connectivity index (χ0v) is 8.31. The second-order valence-corrected chi connectivity index (χ2v) is 3.40. The van der Waals surface area contributed by atoms with Crippen LogP contribution in [0.4, 0.5) is 0 Å². The molecule has 2 aliphatic heterocycles. The van der Waals surface area contributed by atoms with Gasteiger partial charge in [0.2, 0.25) is 11.9 Å². The highest BCUT2D eigenvalue weighted by Gasteiger charge is 2.37. The van der Waals surface area contributed by atoms with E-state index in [-0.39, 0.29) is 18.3 Å². The predicted molar refractivity (Wildman–Crippen MR) is 49.9 cm³/mol. The number of hydrogen-bond acceptors (Lipinski definition) is 5. The van der Waals surface area contributed by atoms with Crippen molar-refractivity contribution in [3.05, 3.63) is 0 Å². The quantitative estimate of drug-likeness (QED) is 0.374. The molecule has 84 valence electrons. The molecule has 2 saturated heterocycles. The van der Waals surface area contributed by atoms with Gasteiger partial charge in [0.05, 0.1) is 6.42 Å². The summed E-state index contributed by atoms with van der Waals surface area (Å²) in [5.41, 5.74) is 0. The SMILES string of the molecule is CN1C(=O)CC(N=C2NC(=O)C(=O)N2)C1=O. The molecule has 0 aromatic heterocycles. The van der Waals surface area contributed by atoms with Gasteiger partial charge in [-0.3, -0.25) is 34.7 Å². The van der Waals surface area contributed by atoms with Crippen molar-refractivity contribution in [2.24, 2.45) is 4.99 Å². The minimum absolute atomic E-state index is 0.0510. The molecular weight excluding hydrogens is 216 g/mol. The topological polar surface area (TPSA) is 108 Å². The van der Waals surface area contributed by atoms with Crippen LogP contribution >= 0.6 is 0 Å². The van der Waals surface area contributed by atoms with Gasteiger partial charge in [0, 0.05) is 7.05 Å². The number of imide groups is 1. The summed E-state index contributed by atoms with van der Waals surface area (Å²) < 4.78 is 0. The van der Waals surface area contributed by atoms with Crippen molar-refractivity contribution in [3.8, 4) is 0 Å². The number of nitrogens with zero attached hydrogens (tertiary/aromatic N) is 2. The Labute approximate surface area is 89.7 Å². The fourth-order valence-corrected chi connectivity index (χ4v) is 1.42. The Morgan fingerprint density at radius 3 is 2.19 bits per heavy atom. The number of guanidine groups is 1. The molecule has 16 heavy (non-hydrogen) atoms. The van der Waals surface area contributed by atoms with Crippen molar-refractivity contribution in [2.45, 2.75) is 12.5 Å². The number of carbonyl (C=O) groups is 4. The highest BCUT2D eigenvalue weighted by atomic mass is 16.2. The summed E-state index contributed by atoms with van der Waals surface area (Å²) in [6.45, 7) is 0. The molecule has 2 N–H and O–H groups in total. The molecule has 1 atom stereocenters. The van der Waals surface area contributed by atoms with E-state index in [2.05, 4.69) is 15.6 Å². The average Bonchev–Trinajstić information content (AvgIpc) is 2.64. The summed E-state index contributed by atoms with van der Waals surface area (Å²) in [7, 11) is 1.36.